The number of rotatable bonds is 4. The van der Waals surface area contributed by atoms with E-state index in [9.17, 15) is 9.59 Å². The molecule has 0 unspecified atom stereocenters. The molecular formula is C19H21N3O2S2. The number of carbonyl (C=O) groups is 1. The summed E-state index contributed by atoms with van der Waals surface area (Å²) in [4.78, 5) is 31.6. The van der Waals surface area contributed by atoms with Crippen LogP contribution in [0.1, 0.15) is 45.9 Å². The van der Waals surface area contributed by atoms with Crippen molar-refractivity contribution in [2.24, 2.45) is 0 Å². The molecule has 3 aromatic rings. The molecule has 0 fully saturated rings. The second kappa shape index (κ2) is 7.32. The van der Waals surface area contributed by atoms with E-state index in [1.165, 1.54) is 16.9 Å². The van der Waals surface area contributed by atoms with Gasteiger partial charge in [-0.25, -0.2) is 4.98 Å². The largest absolute Gasteiger partial charge is 0.351 e. The summed E-state index contributed by atoms with van der Waals surface area (Å²) in [5, 5.41) is 7.72. The molecule has 0 atom stereocenters. The molecule has 0 aromatic carbocycles. The summed E-state index contributed by atoms with van der Waals surface area (Å²) < 4.78 is 1.81. The minimum absolute atomic E-state index is 0.0120. The number of amides is 1. The van der Waals surface area contributed by atoms with Gasteiger partial charge in [0.15, 0.2) is 0 Å². The number of hydrogen-bond acceptors (Lipinski definition) is 5. The lowest BCUT2D eigenvalue weighted by Gasteiger charge is -2.08. The lowest BCUT2D eigenvalue weighted by Crippen LogP contribution is -2.26. The van der Waals surface area contributed by atoms with Gasteiger partial charge in [-0.05, 0) is 54.1 Å². The monoisotopic (exact) mass is 387 g/mol. The fraction of sp³-hybridized carbons (Fsp3) is 0.421. The Labute approximate surface area is 159 Å². The number of hydrogen-bond donors (Lipinski definition) is 1. The molecular weight excluding hydrogens is 366 g/mol. The zero-order chi connectivity index (χ0) is 18.1. The van der Waals surface area contributed by atoms with E-state index in [0.29, 0.717) is 21.6 Å². The highest BCUT2D eigenvalue weighted by molar-refractivity contribution is 7.20. The Morgan fingerprint density at radius 3 is 3.04 bits per heavy atom. The van der Waals surface area contributed by atoms with Crippen LogP contribution in [-0.4, -0.2) is 22.0 Å². The van der Waals surface area contributed by atoms with Crippen LogP contribution in [0.3, 0.4) is 0 Å². The molecule has 3 aromatic heterocycles. The minimum Gasteiger partial charge on any atom is -0.351 e. The van der Waals surface area contributed by atoms with Crippen LogP contribution in [0.15, 0.2) is 21.6 Å². The van der Waals surface area contributed by atoms with E-state index in [2.05, 4.69) is 16.8 Å². The SMILES string of the molecule is Cc1c(C(=O)NCCc2ccsc2)sc2nc3n(c(=O)c12)CCCCC3. The Morgan fingerprint density at radius 1 is 1.35 bits per heavy atom. The average Bonchev–Trinajstić information content (AvgIpc) is 3.17. The molecule has 5 nitrogen and oxygen atoms in total. The van der Waals surface area contributed by atoms with Gasteiger partial charge in [0.1, 0.15) is 10.7 Å². The first-order valence-electron chi connectivity index (χ1n) is 8.97. The highest BCUT2D eigenvalue weighted by atomic mass is 32.1. The zero-order valence-electron chi connectivity index (χ0n) is 14.7. The van der Waals surface area contributed by atoms with Crippen molar-refractivity contribution < 1.29 is 4.79 Å². The summed E-state index contributed by atoms with van der Waals surface area (Å²) in [6.45, 7) is 3.18. The van der Waals surface area contributed by atoms with Crippen LogP contribution in [0, 0.1) is 6.92 Å². The zero-order valence-corrected chi connectivity index (χ0v) is 16.3. The van der Waals surface area contributed by atoms with Crippen LogP contribution in [0.5, 0.6) is 0 Å². The van der Waals surface area contributed by atoms with E-state index in [1.807, 2.05) is 16.9 Å². The van der Waals surface area contributed by atoms with E-state index < -0.39 is 0 Å². The maximum atomic E-state index is 13.0. The van der Waals surface area contributed by atoms with Crippen molar-refractivity contribution >= 4 is 38.8 Å². The highest BCUT2D eigenvalue weighted by Gasteiger charge is 2.22. The summed E-state index contributed by atoms with van der Waals surface area (Å²) in [7, 11) is 0. The number of fused-ring (bicyclic) bond motifs is 2. The molecule has 0 aliphatic carbocycles. The predicted molar refractivity (Wildman–Crippen MR) is 107 cm³/mol. The van der Waals surface area contributed by atoms with E-state index in [1.54, 1.807) is 11.3 Å². The van der Waals surface area contributed by atoms with Crippen molar-refractivity contribution in [2.45, 2.75) is 45.6 Å². The van der Waals surface area contributed by atoms with Crippen molar-refractivity contribution in [2.75, 3.05) is 6.54 Å². The summed E-state index contributed by atoms with van der Waals surface area (Å²) in [5.41, 5.74) is 2.00. The van der Waals surface area contributed by atoms with Crippen LogP contribution in [0.2, 0.25) is 0 Å². The van der Waals surface area contributed by atoms with Gasteiger partial charge in [0.05, 0.1) is 10.3 Å². The molecule has 0 saturated heterocycles. The number of aryl methyl sites for hydroxylation is 2. The van der Waals surface area contributed by atoms with E-state index in [0.717, 1.165) is 50.0 Å². The standard InChI is InChI=1S/C19H21N3O2S2/c1-12-15-18(21-14-5-3-2-4-9-22(14)19(15)24)26-16(12)17(23)20-8-6-13-7-10-25-11-13/h7,10-11H,2-6,8-9H2,1H3,(H,20,23). The molecule has 136 valence electrons. The Balaban J connectivity index is 1.61. The van der Waals surface area contributed by atoms with E-state index >= 15 is 0 Å². The van der Waals surface area contributed by atoms with Gasteiger partial charge in [0.2, 0.25) is 0 Å². The van der Waals surface area contributed by atoms with Crippen LogP contribution >= 0.6 is 22.7 Å². The lowest BCUT2D eigenvalue weighted by atomic mass is 10.2. The smallest absolute Gasteiger partial charge is 0.262 e. The van der Waals surface area contributed by atoms with Gasteiger partial charge >= 0.3 is 0 Å². The molecule has 1 aliphatic heterocycles. The Kier molecular flexibility index (Phi) is 4.91. The Bertz CT molecular complexity index is 1000. The number of aromatic nitrogens is 2. The lowest BCUT2D eigenvalue weighted by molar-refractivity contribution is 0.0957. The molecule has 4 heterocycles. The van der Waals surface area contributed by atoms with Gasteiger partial charge in [0.25, 0.3) is 11.5 Å². The van der Waals surface area contributed by atoms with Gasteiger partial charge in [-0.1, -0.05) is 6.42 Å². The van der Waals surface area contributed by atoms with E-state index in [-0.39, 0.29) is 11.5 Å². The summed E-state index contributed by atoms with van der Waals surface area (Å²) in [6.07, 6.45) is 4.86. The molecule has 0 bridgehead atoms. The van der Waals surface area contributed by atoms with Crippen molar-refractivity contribution in [3.63, 3.8) is 0 Å². The van der Waals surface area contributed by atoms with Gasteiger partial charge in [-0.3, -0.25) is 14.2 Å². The molecule has 0 radical (unpaired) electrons. The average molecular weight is 388 g/mol. The van der Waals surface area contributed by atoms with Crippen molar-refractivity contribution in [3.05, 3.63) is 49.0 Å². The predicted octanol–water partition coefficient (Wildman–Crippen LogP) is 3.53. The summed E-state index contributed by atoms with van der Waals surface area (Å²) in [6, 6.07) is 2.07. The van der Waals surface area contributed by atoms with Crippen LogP contribution in [0.25, 0.3) is 10.2 Å². The van der Waals surface area contributed by atoms with Crippen molar-refractivity contribution in [1.82, 2.24) is 14.9 Å². The third-order valence-electron chi connectivity index (χ3n) is 4.90. The van der Waals surface area contributed by atoms with Crippen LogP contribution < -0.4 is 10.9 Å². The first-order chi connectivity index (χ1) is 12.6. The van der Waals surface area contributed by atoms with Gasteiger partial charge < -0.3 is 5.32 Å². The Hall–Kier alpha value is -1.99. The molecule has 4 rings (SSSR count). The number of nitrogens with zero attached hydrogens (tertiary/aromatic N) is 2. The number of nitrogens with one attached hydrogen (secondary N) is 1. The summed E-state index contributed by atoms with van der Waals surface area (Å²) in [5.74, 6) is 0.756. The fourth-order valence-electron chi connectivity index (χ4n) is 3.46. The molecule has 0 spiro atoms. The third kappa shape index (κ3) is 3.21. The first kappa shape index (κ1) is 17.4. The molecule has 26 heavy (non-hydrogen) atoms. The van der Waals surface area contributed by atoms with Crippen molar-refractivity contribution in [1.29, 1.82) is 0 Å². The first-order valence-corrected chi connectivity index (χ1v) is 10.7. The number of carbonyl (C=O) groups excluding carboxylic acids is 1. The summed E-state index contributed by atoms with van der Waals surface area (Å²) >= 11 is 3.00. The normalized spacial score (nSPS) is 14.2. The third-order valence-corrected chi connectivity index (χ3v) is 6.81. The highest BCUT2D eigenvalue weighted by Crippen LogP contribution is 2.28. The second-order valence-electron chi connectivity index (χ2n) is 6.67. The number of thiophene rings is 2. The van der Waals surface area contributed by atoms with Gasteiger partial charge in [-0.2, -0.15) is 11.3 Å². The van der Waals surface area contributed by atoms with Gasteiger partial charge in [0, 0.05) is 19.5 Å². The molecule has 0 saturated carbocycles. The molecule has 1 aliphatic rings. The minimum atomic E-state index is -0.111. The topological polar surface area (TPSA) is 64.0 Å². The van der Waals surface area contributed by atoms with E-state index in [4.69, 9.17) is 4.98 Å². The molecule has 7 heteroatoms. The Morgan fingerprint density at radius 2 is 2.23 bits per heavy atom. The molecule has 1 N–H and O–H groups in total. The van der Waals surface area contributed by atoms with Crippen molar-refractivity contribution in [3.8, 4) is 0 Å². The van der Waals surface area contributed by atoms with Gasteiger partial charge in [-0.15, -0.1) is 11.3 Å². The maximum Gasteiger partial charge on any atom is 0.262 e. The van der Waals surface area contributed by atoms with Crippen LogP contribution in [-0.2, 0) is 19.4 Å². The maximum absolute atomic E-state index is 13.0. The van der Waals surface area contributed by atoms with Crippen LogP contribution in [0.4, 0.5) is 0 Å². The fourth-order valence-corrected chi connectivity index (χ4v) is 5.27. The molecule has 1 amide bonds. The second-order valence-corrected chi connectivity index (χ2v) is 8.45. The quantitative estimate of drug-likeness (QED) is 0.745.